The van der Waals surface area contributed by atoms with Crippen molar-refractivity contribution in [3.63, 3.8) is 0 Å². The average molecular weight is 243 g/mol. The molecule has 0 spiro atoms. The van der Waals surface area contributed by atoms with Gasteiger partial charge in [0.1, 0.15) is 5.00 Å². The lowest BCUT2D eigenvalue weighted by atomic mass is 10.4. The highest BCUT2D eigenvalue weighted by molar-refractivity contribution is 7.19. The van der Waals surface area contributed by atoms with Gasteiger partial charge in [0, 0.05) is 6.42 Å². The number of nitrogens with two attached hydrogens (primary N) is 1. The number of nitrogen functional groups attached to an aromatic ring is 1. The number of carbonyl (C=O) groups is 2. The van der Waals surface area contributed by atoms with Gasteiger partial charge in [-0.2, -0.15) is 0 Å². The summed E-state index contributed by atoms with van der Waals surface area (Å²) in [5.74, 6) is -0.752. The van der Waals surface area contributed by atoms with E-state index in [1.165, 1.54) is 0 Å². The van der Waals surface area contributed by atoms with Crippen molar-refractivity contribution in [2.45, 2.75) is 20.3 Å². The van der Waals surface area contributed by atoms with Gasteiger partial charge in [0.25, 0.3) is 0 Å². The van der Waals surface area contributed by atoms with Gasteiger partial charge in [-0.15, -0.1) is 0 Å². The normalized spacial score (nSPS) is 9.88. The van der Waals surface area contributed by atoms with Crippen LogP contribution in [0.15, 0.2) is 0 Å². The highest BCUT2D eigenvalue weighted by Crippen LogP contribution is 2.25. The molecule has 3 N–H and O–H groups in total. The summed E-state index contributed by atoms with van der Waals surface area (Å²) in [5.41, 5.74) is 5.65. The molecule has 7 heteroatoms. The second-order valence-corrected chi connectivity index (χ2v) is 3.88. The van der Waals surface area contributed by atoms with Gasteiger partial charge in [-0.1, -0.05) is 18.3 Å². The Kier molecular flexibility index (Phi) is 4.24. The van der Waals surface area contributed by atoms with E-state index >= 15 is 0 Å². The third kappa shape index (κ3) is 2.93. The van der Waals surface area contributed by atoms with E-state index in [1.54, 1.807) is 13.8 Å². The number of nitrogens with one attached hydrogen (secondary N) is 1. The summed E-state index contributed by atoms with van der Waals surface area (Å²) in [7, 11) is 0. The van der Waals surface area contributed by atoms with E-state index in [9.17, 15) is 9.59 Å². The molecule has 1 amide bonds. The van der Waals surface area contributed by atoms with Gasteiger partial charge >= 0.3 is 5.97 Å². The number of hydrogen-bond donors (Lipinski definition) is 2. The fourth-order valence-corrected chi connectivity index (χ4v) is 1.67. The highest BCUT2D eigenvalue weighted by Gasteiger charge is 2.17. The number of anilines is 2. The average Bonchev–Trinajstić information content (AvgIpc) is 2.59. The number of ether oxygens (including phenoxy) is 1. The molecule has 1 aromatic rings. The molecule has 1 heterocycles. The Morgan fingerprint density at radius 3 is 2.75 bits per heavy atom. The van der Waals surface area contributed by atoms with Crippen molar-refractivity contribution in [1.29, 1.82) is 0 Å². The van der Waals surface area contributed by atoms with Gasteiger partial charge < -0.3 is 15.8 Å². The number of amides is 1. The van der Waals surface area contributed by atoms with Crippen molar-refractivity contribution in [2.75, 3.05) is 17.7 Å². The van der Waals surface area contributed by atoms with Crippen LogP contribution in [0.5, 0.6) is 0 Å². The van der Waals surface area contributed by atoms with Crippen LogP contribution in [0.4, 0.5) is 10.1 Å². The van der Waals surface area contributed by atoms with E-state index in [0.717, 1.165) is 11.3 Å². The topological polar surface area (TPSA) is 94.3 Å². The third-order valence-electron chi connectivity index (χ3n) is 1.69. The molecule has 1 aromatic heterocycles. The number of aromatic nitrogens is 1. The third-order valence-corrected chi connectivity index (χ3v) is 2.49. The van der Waals surface area contributed by atoms with E-state index < -0.39 is 5.97 Å². The maximum atomic E-state index is 11.4. The first kappa shape index (κ1) is 12.4. The fourth-order valence-electron chi connectivity index (χ4n) is 0.939. The van der Waals surface area contributed by atoms with Crippen LogP contribution in [0.25, 0.3) is 0 Å². The molecule has 0 saturated carbocycles. The zero-order valence-electron chi connectivity index (χ0n) is 9.07. The van der Waals surface area contributed by atoms with E-state index in [2.05, 4.69) is 10.3 Å². The van der Waals surface area contributed by atoms with Crippen LogP contribution in [0.1, 0.15) is 30.8 Å². The smallest absolute Gasteiger partial charge is 0.360 e. The van der Waals surface area contributed by atoms with Gasteiger partial charge in [-0.25, -0.2) is 9.78 Å². The number of hydrogen-bond acceptors (Lipinski definition) is 6. The largest absolute Gasteiger partial charge is 0.461 e. The number of nitrogens with zero attached hydrogens (tertiary/aromatic N) is 1. The lowest BCUT2D eigenvalue weighted by Gasteiger charge is -1.98. The minimum atomic E-state index is -0.576. The van der Waals surface area contributed by atoms with Crippen molar-refractivity contribution in [1.82, 2.24) is 4.98 Å². The summed E-state index contributed by atoms with van der Waals surface area (Å²) in [4.78, 5) is 26.4. The quantitative estimate of drug-likeness (QED) is 0.776. The summed E-state index contributed by atoms with van der Waals surface area (Å²) >= 11 is 1.05. The number of thiazole rings is 1. The molecule has 0 aliphatic rings. The van der Waals surface area contributed by atoms with E-state index in [1.807, 2.05) is 0 Å². The van der Waals surface area contributed by atoms with Crippen LogP contribution in [-0.2, 0) is 9.53 Å². The molecule has 0 aliphatic heterocycles. The Hall–Kier alpha value is -1.63. The molecule has 0 fully saturated rings. The second kappa shape index (κ2) is 5.45. The van der Waals surface area contributed by atoms with Crippen LogP contribution >= 0.6 is 11.3 Å². The molecule has 6 nitrogen and oxygen atoms in total. The molecule has 1 rings (SSSR count). The van der Waals surface area contributed by atoms with E-state index in [-0.39, 0.29) is 23.2 Å². The van der Waals surface area contributed by atoms with Crippen molar-refractivity contribution < 1.29 is 14.3 Å². The van der Waals surface area contributed by atoms with Crippen LogP contribution in [-0.4, -0.2) is 23.5 Å². The SMILES string of the molecule is CCOC(=O)c1nc(NC(=O)CC)sc1N. The first-order valence-corrected chi connectivity index (χ1v) is 5.63. The van der Waals surface area contributed by atoms with Crippen molar-refractivity contribution in [2.24, 2.45) is 0 Å². The standard InChI is InChI=1S/C9H13N3O3S/c1-3-5(13)11-9-12-6(7(10)16-9)8(14)15-4-2/h3-4,10H2,1-2H3,(H,11,12,13). The minimum absolute atomic E-state index is 0.0539. The summed E-state index contributed by atoms with van der Waals surface area (Å²) in [6, 6.07) is 0. The van der Waals surface area contributed by atoms with Gasteiger partial charge in [-0.05, 0) is 6.92 Å². The van der Waals surface area contributed by atoms with Crippen LogP contribution in [0, 0.1) is 0 Å². The predicted molar refractivity (Wildman–Crippen MR) is 61.4 cm³/mol. The molecule has 16 heavy (non-hydrogen) atoms. The van der Waals surface area contributed by atoms with Crippen molar-refractivity contribution >= 4 is 33.3 Å². The van der Waals surface area contributed by atoms with E-state index in [4.69, 9.17) is 10.5 Å². The molecule has 0 aliphatic carbocycles. The number of rotatable bonds is 4. The molecule has 0 saturated heterocycles. The Bertz CT molecular complexity index is 403. The fraction of sp³-hybridized carbons (Fsp3) is 0.444. The first-order valence-electron chi connectivity index (χ1n) is 4.81. The lowest BCUT2D eigenvalue weighted by molar-refractivity contribution is -0.115. The minimum Gasteiger partial charge on any atom is -0.461 e. The Morgan fingerprint density at radius 1 is 1.50 bits per heavy atom. The summed E-state index contributed by atoms with van der Waals surface area (Å²) < 4.78 is 4.77. The van der Waals surface area contributed by atoms with Crippen molar-refractivity contribution in [3.8, 4) is 0 Å². The van der Waals surface area contributed by atoms with Crippen LogP contribution < -0.4 is 11.1 Å². The highest BCUT2D eigenvalue weighted by atomic mass is 32.1. The number of esters is 1. The van der Waals surface area contributed by atoms with Gasteiger partial charge in [0.2, 0.25) is 5.91 Å². The summed E-state index contributed by atoms with van der Waals surface area (Å²) in [6.45, 7) is 3.67. The van der Waals surface area contributed by atoms with Crippen LogP contribution in [0.3, 0.4) is 0 Å². The zero-order chi connectivity index (χ0) is 12.1. The summed E-state index contributed by atoms with van der Waals surface area (Å²) in [5, 5.41) is 3.08. The Labute approximate surface area is 96.8 Å². The molecular formula is C9H13N3O3S. The number of carbonyl (C=O) groups excluding carboxylic acids is 2. The maximum absolute atomic E-state index is 11.4. The molecule has 88 valence electrons. The Morgan fingerprint density at radius 2 is 2.19 bits per heavy atom. The molecule has 0 radical (unpaired) electrons. The van der Waals surface area contributed by atoms with Crippen LogP contribution in [0.2, 0.25) is 0 Å². The molecular weight excluding hydrogens is 230 g/mol. The lowest BCUT2D eigenvalue weighted by Crippen LogP contribution is -2.10. The molecule has 0 unspecified atom stereocenters. The first-order chi connectivity index (χ1) is 7.58. The molecule has 0 aromatic carbocycles. The maximum Gasteiger partial charge on any atom is 0.360 e. The van der Waals surface area contributed by atoms with Gasteiger partial charge in [0.15, 0.2) is 10.8 Å². The summed E-state index contributed by atoms with van der Waals surface area (Å²) in [6.07, 6.45) is 0.341. The Balaban J connectivity index is 2.81. The van der Waals surface area contributed by atoms with E-state index in [0.29, 0.717) is 11.6 Å². The van der Waals surface area contributed by atoms with Gasteiger partial charge in [0.05, 0.1) is 6.61 Å². The second-order valence-electron chi connectivity index (χ2n) is 2.85. The van der Waals surface area contributed by atoms with Gasteiger partial charge in [-0.3, -0.25) is 4.79 Å². The molecule has 0 bridgehead atoms. The van der Waals surface area contributed by atoms with Crippen molar-refractivity contribution in [3.05, 3.63) is 5.69 Å². The monoisotopic (exact) mass is 243 g/mol. The zero-order valence-corrected chi connectivity index (χ0v) is 9.89. The predicted octanol–water partition coefficient (Wildman–Crippen LogP) is 1.25. The molecule has 0 atom stereocenters.